The van der Waals surface area contributed by atoms with Gasteiger partial charge in [-0.1, -0.05) is 35.4 Å². The number of carbonyl (C=O) groups is 1. The van der Waals surface area contributed by atoms with Crippen molar-refractivity contribution in [1.82, 2.24) is 0 Å². The third-order valence-corrected chi connectivity index (χ3v) is 5.38. The Morgan fingerprint density at radius 1 is 1.12 bits per heavy atom. The Bertz CT molecular complexity index is 1190. The van der Waals surface area contributed by atoms with Crippen LogP contribution in [0.1, 0.15) is 15.2 Å². The van der Waals surface area contributed by atoms with Crippen LogP contribution in [0.25, 0.3) is 21.1 Å². The van der Waals surface area contributed by atoms with E-state index in [9.17, 15) is 9.59 Å². The van der Waals surface area contributed by atoms with Crippen LogP contribution < -0.4 is 10.9 Å². The number of amides is 1. The van der Waals surface area contributed by atoms with Crippen molar-refractivity contribution in [1.29, 1.82) is 0 Å². The summed E-state index contributed by atoms with van der Waals surface area (Å²) >= 11 is 7.35. The molecule has 6 heteroatoms. The van der Waals surface area contributed by atoms with Crippen LogP contribution in [0.4, 0.5) is 5.69 Å². The second kappa shape index (κ2) is 6.02. The van der Waals surface area contributed by atoms with Crippen LogP contribution >= 0.6 is 22.9 Å². The summed E-state index contributed by atoms with van der Waals surface area (Å²) in [5.41, 5.74) is 1.65. The molecule has 1 N–H and O–H groups in total. The molecule has 0 aliphatic heterocycles. The van der Waals surface area contributed by atoms with Crippen LogP contribution in [-0.2, 0) is 0 Å². The fourth-order valence-corrected chi connectivity index (χ4v) is 3.91. The minimum atomic E-state index is -0.445. The van der Waals surface area contributed by atoms with E-state index in [0.717, 1.165) is 15.6 Å². The van der Waals surface area contributed by atoms with Crippen molar-refractivity contribution >= 4 is 55.6 Å². The first-order valence-electron chi connectivity index (χ1n) is 7.56. The number of hydrogen-bond acceptors (Lipinski definition) is 4. The van der Waals surface area contributed by atoms with E-state index < -0.39 is 5.63 Å². The molecule has 0 spiro atoms. The quantitative estimate of drug-likeness (QED) is 0.493. The number of hydrogen-bond donors (Lipinski definition) is 1. The Labute approximate surface area is 151 Å². The molecule has 0 fully saturated rings. The molecule has 0 saturated carbocycles. The number of fused-ring (bicyclic) bond motifs is 3. The topological polar surface area (TPSA) is 59.3 Å². The Morgan fingerprint density at radius 3 is 2.72 bits per heavy atom. The smallest absolute Gasteiger partial charge is 0.345 e. The van der Waals surface area contributed by atoms with Crippen LogP contribution in [0, 0.1) is 6.92 Å². The Kier molecular flexibility index (Phi) is 3.82. The summed E-state index contributed by atoms with van der Waals surface area (Å²) in [5.74, 6) is -0.311. The zero-order valence-corrected chi connectivity index (χ0v) is 14.7. The maximum atomic E-state index is 12.6. The summed E-state index contributed by atoms with van der Waals surface area (Å²) in [7, 11) is 0. The number of thiophene rings is 1. The van der Waals surface area contributed by atoms with Crippen LogP contribution in [-0.4, -0.2) is 5.91 Å². The van der Waals surface area contributed by atoms with E-state index in [1.807, 2.05) is 19.1 Å². The minimum absolute atomic E-state index is 0.311. The standard InChI is InChI=1S/C19H12ClNO3S/c1-10-6-7-15-11(8-10)17-12(19(23)24-15)9-16(25-17)18(22)21-14-5-3-2-4-13(14)20/h2-9H,1H3,(H,21,22). The molecular weight excluding hydrogens is 358 g/mol. The molecule has 124 valence electrons. The Balaban J connectivity index is 1.83. The van der Waals surface area contributed by atoms with Crippen LogP contribution in [0.2, 0.25) is 5.02 Å². The van der Waals surface area contributed by atoms with Gasteiger partial charge in [0.2, 0.25) is 0 Å². The maximum absolute atomic E-state index is 12.6. The number of benzene rings is 2. The lowest BCUT2D eigenvalue weighted by Gasteiger charge is -2.04. The monoisotopic (exact) mass is 369 g/mol. The van der Waals surface area contributed by atoms with Gasteiger partial charge < -0.3 is 9.73 Å². The van der Waals surface area contributed by atoms with Crippen molar-refractivity contribution in [3.05, 3.63) is 74.4 Å². The lowest BCUT2D eigenvalue weighted by molar-refractivity contribution is 0.103. The number of nitrogens with one attached hydrogen (secondary N) is 1. The zero-order valence-electron chi connectivity index (χ0n) is 13.1. The van der Waals surface area contributed by atoms with Crippen molar-refractivity contribution in [2.75, 3.05) is 5.32 Å². The lowest BCUT2D eigenvalue weighted by Crippen LogP contribution is -2.10. The van der Waals surface area contributed by atoms with Crippen LogP contribution in [0.3, 0.4) is 0 Å². The molecule has 0 unspecified atom stereocenters. The zero-order chi connectivity index (χ0) is 17.6. The molecule has 2 heterocycles. The van der Waals surface area contributed by atoms with E-state index in [4.69, 9.17) is 16.0 Å². The van der Waals surface area contributed by atoms with Gasteiger partial charge in [0.05, 0.1) is 25.7 Å². The highest BCUT2D eigenvalue weighted by molar-refractivity contribution is 7.21. The SMILES string of the molecule is Cc1ccc2oc(=O)c3cc(C(=O)Nc4ccccc4Cl)sc3c2c1. The number of para-hydroxylation sites is 1. The number of anilines is 1. The van der Waals surface area contributed by atoms with Crippen molar-refractivity contribution in [3.8, 4) is 0 Å². The average Bonchev–Trinajstić information content (AvgIpc) is 3.04. The first-order chi connectivity index (χ1) is 12.0. The second-order valence-electron chi connectivity index (χ2n) is 5.68. The summed E-state index contributed by atoms with van der Waals surface area (Å²) in [6.45, 7) is 1.97. The van der Waals surface area contributed by atoms with Crippen molar-refractivity contribution in [2.24, 2.45) is 0 Å². The molecule has 2 aromatic carbocycles. The lowest BCUT2D eigenvalue weighted by atomic mass is 10.1. The van der Waals surface area contributed by atoms with E-state index in [-0.39, 0.29) is 5.91 Å². The third-order valence-electron chi connectivity index (χ3n) is 3.88. The van der Waals surface area contributed by atoms with Gasteiger partial charge >= 0.3 is 5.63 Å². The van der Waals surface area contributed by atoms with E-state index in [1.54, 1.807) is 36.4 Å². The van der Waals surface area contributed by atoms with Crippen LogP contribution in [0.5, 0.6) is 0 Å². The molecule has 0 aliphatic carbocycles. The van der Waals surface area contributed by atoms with Gasteiger partial charge in [-0.2, -0.15) is 0 Å². The predicted octanol–water partition coefficient (Wildman–Crippen LogP) is 5.22. The van der Waals surface area contributed by atoms with Crippen molar-refractivity contribution in [3.63, 3.8) is 0 Å². The number of rotatable bonds is 2. The molecule has 0 atom stereocenters. The predicted molar refractivity (Wildman–Crippen MR) is 102 cm³/mol. The Hall–Kier alpha value is -2.63. The van der Waals surface area contributed by atoms with Crippen LogP contribution in [0.15, 0.2) is 57.7 Å². The number of halogens is 1. The summed E-state index contributed by atoms with van der Waals surface area (Å²) in [6, 6.07) is 14.2. The molecule has 4 nitrogen and oxygen atoms in total. The maximum Gasteiger partial charge on any atom is 0.345 e. The summed E-state index contributed by atoms with van der Waals surface area (Å²) in [4.78, 5) is 25.2. The largest absolute Gasteiger partial charge is 0.422 e. The third kappa shape index (κ3) is 2.81. The normalized spacial score (nSPS) is 11.1. The molecule has 4 rings (SSSR count). The van der Waals surface area contributed by atoms with E-state index in [0.29, 0.717) is 26.6 Å². The molecule has 0 radical (unpaired) electrons. The first kappa shape index (κ1) is 15.9. The van der Waals surface area contributed by atoms with Gasteiger partial charge in [-0.05, 0) is 37.3 Å². The molecule has 0 bridgehead atoms. The minimum Gasteiger partial charge on any atom is -0.422 e. The van der Waals surface area contributed by atoms with Gasteiger partial charge in [0, 0.05) is 5.39 Å². The summed E-state index contributed by atoms with van der Waals surface area (Å²) in [6.07, 6.45) is 0. The van der Waals surface area contributed by atoms with Gasteiger partial charge in [0.15, 0.2) is 0 Å². The number of aryl methyl sites for hydroxylation is 1. The first-order valence-corrected chi connectivity index (χ1v) is 8.75. The van der Waals surface area contributed by atoms with E-state index in [2.05, 4.69) is 5.32 Å². The summed E-state index contributed by atoms with van der Waals surface area (Å²) < 4.78 is 6.11. The Morgan fingerprint density at radius 2 is 1.92 bits per heavy atom. The van der Waals surface area contributed by atoms with Crippen molar-refractivity contribution in [2.45, 2.75) is 6.92 Å². The molecule has 0 saturated heterocycles. The molecular formula is C19H12ClNO3S. The molecule has 1 amide bonds. The fourth-order valence-electron chi connectivity index (χ4n) is 2.67. The molecule has 25 heavy (non-hydrogen) atoms. The van der Waals surface area contributed by atoms with Gasteiger partial charge in [0.1, 0.15) is 5.58 Å². The summed E-state index contributed by atoms with van der Waals surface area (Å²) in [5, 5.41) is 4.47. The molecule has 0 aliphatic rings. The number of carbonyl (C=O) groups excluding carboxylic acids is 1. The fraction of sp³-hybridized carbons (Fsp3) is 0.0526. The molecule has 4 aromatic rings. The van der Waals surface area contributed by atoms with Crippen molar-refractivity contribution < 1.29 is 9.21 Å². The van der Waals surface area contributed by atoms with E-state index in [1.165, 1.54) is 11.3 Å². The average molecular weight is 370 g/mol. The van der Waals surface area contributed by atoms with Gasteiger partial charge in [-0.15, -0.1) is 11.3 Å². The highest BCUT2D eigenvalue weighted by Crippen LogP contribution is 2.32. The highest BCUT2D eigenvalue weighted by Gasteiger charge is 2.16. The highest BCUT2D eigenvalue weighted by atomic mass is 35.5. The second-order valence-corrected chi connectivity index (χ2v) is 7.14. The molecule has 2 aromatic heterocycles. The van der Waals surface area contributed by atoms with Gasteiger partial charge in [0.25, 0.3) is 5.91 Å². The van der Waals surface area contributed by atoms with E-state index >= 15 is 0 Å². The van der Waals surface area contributed by atoms with Gasteiger partial charge in [-0.3, -0.25) is 4.79 Å². The van der Waals surface area contributed by atoms with Gasteiger partial charge in [-0.25, -0.2) is 4.79 Å².